The number of carboxylic acids is 1. The number of hydrogen-bond acceptors (Lipinski definition) is 7. The van der Waals surface area contributed by atoms with Crippen molar-refractivity contribution in [1.82, 2.24) is 20.5 Å². The van der Waals surface area contributed by atoms with E-state index >= 15 is 0 Å². The van der Waals surface area contributed by atoms with Crippen LogP contribution in [0.5, 0.6) is 0 Å². The first-order valence-corrected chi connectivity index (χ1v) is 10.2. The quantitative estimate of drug-likeness (QED) is 0.345. The minimum atomic E-state index is -1.30. The van der Waals surface area contributed by atoms with Crippen LogP contribution in [-0.2, 0) is 9.53 Å². The fourth-order valence-electron chi connectivity index (χ4n) is 3.76. The van der Waals surface area contributed by atoms with Gasteiger partial charge in [0.15, 0.2) is 0 Å². The molecule has 2 aromatic carbocycles. The van der Waals surface area contributed by atoms with E-state index in [-0.39, 0.29) is 30.7 Å². The Morgan fingerprint density at radius 3 is 2.30 bits per heavy atom. The average Bonchev–Trinajstić information content (AvgIpc) is 3.40. The monoisotopic (exact) mass is 451 g/mol. The van der Waals surface area contributed by atoms with E-state index in [0.29, 0.717) is 0 Å². The topological polar surface area (TPSA) is 167 Å². The third-order valence-electron chi connectivity index (χ3n) is 5.28. The highest BCUT2D eigenvalue weighted by molar-refractivity contribution is 5.94. The van der Waals surface area contributed by atoms with Gasteiger partial charge in [0.05, 0.1) is 0 Å². The predicted molar refractivity (Wildman–Crippen MR) is 116 cm³/mol. The maximum Gasteiger partial charge on any atom is 0.414 e. The number of H-pyrrole nitrogens is 1. The Morgan fingerprint density at radius 2 is 1.70 bits per heavy atom. The number of aliphatic hydroxyl groups is 1. The fourth-order valence-corrected chi connectivity index (χ4v) is 3.76. The Labute approximate surface area is 187 Å². The van der Waals surface area contributed by atoms with Crippen molar-refractivity contribution in [2.75, 3.05) is 18.5 Å². The summed E-state index contributed by atoms with van der Waals surface area (Å²) < 4.78 is 5.39. The fraction of sp³-hybridized carbons (Fsp3) is 0.227. The van der Waals surface area contributed by atoms with Gasteiger partial charge in [0.1, 0.15) is 12.6 Å². The Morgan fingerprint density at radius 1 is 1.06 bits per heavy atom. The van der Waals surface area contributed by atoms with Crippen molar-refractivity contribution in [2.24, 2.45) is 0 Å². The zero-order valence-corrected chi connectivity index (χ0v) is 17.3. The molecule has 0 radical (unpaired) electrons. The number of anilines is 1. The number of nitrogens with zero attached hydrogens (tertiary/aromatic N) is 2. The molecule has 0 saturated carbocycles. The number of hydrogen-bond donors (Lipinski definition) is 5. The zero-order valence-electron chi connectivity index (χ0n) is 17.3. The van der Waals surface area contributed by atoms with E-state index in [2.05, 4.69) is 25.8 Å². The van der Waals surface area contributed by atoms with Gasteiger partial charge in [0.25, 0.3) is 11.9 Å². The molecule has 33 heavy (non-hydrogen) atoms. The number of nitrogens with one attached hydrogen (secondary N) is 3. The number of carbonyl (C=O) groups is 3. The van der Waals surface area contributed by atoms with Gasteiger partial charge in [0.2, 0.25) is 5.82 Å². The van der Waals surface area contributed by atoms with Crippen LogP contribution in [0.2, 0.25) is 0 Å². The lowest BCUT2D eigenvalue weighted by molar-refractivity contribution is -0.139. The summed E-state index contributed by atoms with van der Waals surface area (Å²) in [6.45, 7) is -0.318. The summed E-state index contributed by atoms with van der Waals surface area (Å²) in [6, 6.07) is 14.6. The highest BCUT2D eigenvalue weighted by Gasteiger charge is 2.29. The Hall–Kier alpha value is -4.25. The minimum absolute atomic E-state index is 0.0963. The van der Waals surface area contributed by atoms with E-state index in [1.54, 1.807) is 0 Å². The molecule has 3 aromatic rings. The number of fused-ring (bicyclic) bond motifs is 3. The molecule has 4 rings (SSSR count). The normalized spacial score (nSPS) is 13.0. The van der Waals surface area contributed by atoms with Crippen LogP contribution in [0.3, 0.4) is 0 Å². The van der Waals surface area contributed by atoms with E-state index in [0.717, 1.165) is 22.3 Å². The first kappa shape index (κ1) is 22.0. The molecule has 1 aliphatic rings. The molecule has 0 saturated heterocycles. The number of aliphatic carboxylic acids is 1. The van der Waals surface area contributed by atoms with Crippen LogP contribution >= 0.6 is 0 Å². The van der Waals surface area contributed by atoms with Crippen LogP contribution in [0.25, 0.3) is 11.1 Å². The number of aromatic nitrogens is 3. The van der Waals surface area contributed by atoms with Gasteiger partial charge >= 0.3 is 12.1 Å². The van der Waals surface area contributed by atoms with Crippen molar-refractivity contribution in [3.05, 3.63) is 65.5 Å². The average molecular weight is 451 g/mol. The standard InChI is InChI=1S/C22H21N5O6/c28-10-9-17(20(30)31)23-19(29)18-24-21(27-26-18)25-22(32)33-11-16-14-7-3-1-5-12(14)13-6-2-4-8-15(13)16/h1-8,16-17,28H,9-11H2,(H,23,29)(H,30,31)(H2,24,25,26,27,32)/t17-/m1/s1. The number of amides is 2. The molecule has 11 heteroatoms. The smallest absolute Gasteiger partial charge is 0.414 e. The summed E-state index contributed by atoms with van der Waals surface area (Å²) in [7, 11) is 0. The largest absolute Gasteiger partial charge is 0.480 e. The van der Waals surface area contributed by atoms with Crippen molar-refractivity contribution in [3.8, 4) is 11.1 Å². The Bertz CT molecular complexity index is 1150. The molecule has 5 N–H and O–H groups in total. The van der Waals surface area contributed by atoms with E-state index in [1.807, 2.05) is 48.5 Å². The van der Waals surface area contributed by atoms with E-state index in [1.165, 1.54) is 0 Å². The van der Waals surface area contributed by atoms with E-state index in [9.17, 15) is 14.4 Å². The maximum absolute atomic E-state index is 12.3. The molecule has 2 amide bonds. The summed E-state index contributed by atoms with van der Waals surface area (Å²) in [5.74, 6) is -2.76. The number of carbonyl (C=O) groups excluding carboxylic acids is 2. The van der Waals surface area contributed by atoms with Gasteiger partial charge in [0, 0.05) is 18.9 Å². The summed E-state index contributed by atoms with van der Waals surface area (Å²) >= 11 is 0. The van der Waals surface area contributed by atoms with Gasteiger partial charge in [-0.15, -0.1) is 5.10 Å². The van der Waals surface area contributed by atoms with E-state index < -0.39 is 30.6 Å². The van der Waals surface area contributed by atoms with Crippen LogP contribution in [0, 0.1) is 0 Å². The lowest BCUT2D eigenvalue weighted by atomic mass is 9.98. The van der Waals surface area contributed by atoms with Crippen LogP contribution in [0.1, 0.15) is 34.1 Å². The molecule has 0 aliphatic heterocycles. The first-order valence-electron chi connectivity index (χ1n) is 10.2. The zero-order chi connectivity index (χ0) is 23.4. The van der Waals surface area contributed by atoms with Crippen molar-refractivity contribution in [3.63, 3.8) is 0 Å². The van der Waals surface area contributed by atoms with Gasteiger partial charge in [-0.2, -0.15) is 4.98 Å². The summed E-state index contributed by atoms with van der Waals surface area (Å²) in [5.41, 5.74) is 4.35. The lowest BCUT2D eigenvalue weighted by Gasteiger charge is -2.13. The summed E-state index contributed by atoms with van der Waals surface area (Å²) in [4.78, 5) is 39.3. The van der Waals surface area contributed by atoms with Gasteiger partial charge < -0.3 is 20.3 Å². The third kappa shape index (κ3) is 4.67. The second-order valence-corrected chi connectivity index (χ2v) is 7.33. The molecule has 1 heterocycles. The molecule has 0 spiro atoms. The number of carboxylic acid groups (broad SMARTS) is 1. The van der Waals surface area contributed by atoms with Crippen LogP contribution < -0.4 is 10.6 Å². The van der Waals surface area contributed by atoms with Crippen molar-refractivity contribution in [1.29, 1.82) is 0 Å². The molecule has 1 aliphatic carbocycles. The number of rotatable bonds is 8. The summed E-state index contributed by atoms with van der Waals surface area (Å²) in [5, 5.41) is 28.5. The first-order chi connectivity index (χ1) is 16.0. The molecule has 1 aromatic heterocycles. The van der Waals surface area contributed by atoms with E-state index in [4.69, 9.17) is 14.9 Å². The second-order valence-electron chi connectivity index (χ2n) is 7.33. The van der Waals surface area contributed by atoms with Gasteiger partial charge in [-0.05, 0) is 22.3 Å². The number of benzene rings is 2. The second kappa shape index (κ2) is 9.49. The van der Waals surface area contributed by atoms with Gasteiger partial charge in [-0.25, -0.2) is 9.59 Å². The number of aliphatic hydroxyl groups excluding tert-OH is 1. The SMILES string of the molecule is O=C(Nc1n[nH]c(C(=O)N[C@H](CCO)C(=O)O)n1)OCC1c2ccccc2-c2ccccc21. The van der Waals surface area contributed by atoms with Crippen molar-refractivity contribution < 1.29 is 29.3 Å². The van der Waals surface area contributed by atoms with Gasteiger partial charge in [-0.1, -0.05) is 48.5 Å². The molecule has 0 bridgehead atoms. The molecule has 1 atom stereocenters. The number of ether oxygens (including phenoxy) is 1. The van der Waals surface area contributed by atoms with Crippen LogP contribution in [0.15, 0.2) is 48.5 Å². The van der Waals surface area contributed by atoms with Crippen LogP contribution in [-0.4, -0.2) is 62.6 Å². The highest BCUT2D eigenvalue weighted by atomic mass is 16.5. The lowest BCUT2D eigenvalue weighted by Crippen LogP contribution is -2.41. The molecule has 170 valence electrons. The van der Waals surface area contributed by atoms with Crippen LogP contribution in [0.4, 0.5) is 10.7 Å². The molecule has 11 nitrogen and oxygen atoms in total. The maximum atomic E-state index is 12.3. The third-order valence-corrected chi connectivity index (χ3v) is 5.28. The molecular weight excluding hydrogens is 430 g/mol. The molecule has 0 fully saturated rings. The molecular formula is C22H21N5O6. The Kier molecular flexibility index (Phi) is 6.31. The summed E-state index contributed by atoms with van der Waals surface area (Å²) in [6.07, 6.45) is -0.966. The van der Waals surface area contributed by atoms with Gasteiger partial charge in [-0.3, -0.25) is 15.2 Å². The van der Waals surface area contributed by atoms with Crippen molar-refractivity contribution >= 4 is 23.9 Å². The van der Waals surface area contributed by atoms with Crippen molar-refractivity contribution in [2.45, 2.75) is 18.4 Å². The molecule has 0 unspecified atom stereocenters. The Balaban J connectivity index is 1.36. The minimum Gasteiger partial charge on any atom is -0.480 e. The number of aromatic amines is 1. The predicted octanol–water partition coefficient (Wildman–Crippen LogP) is 1.73. The highest BCUT2D eigenvalue weighted by Crippen LogP contribution is 2.44.